The Morgan fingerprint density at radius 3 is 2.31 bits per heavy atom. The van der Waals surface area contributed by atoms with E-state index in [9.17, 15) is 0 Å². The van der Waals surface area contributed by atoms with Crippen LogP contribution in [-0.4, -0.2) is 7.05 Å². The quantitative estimate of drug-likeness (QED) is 0.620. The van der Waals surface area contributed by atoms with Gasteiger partial charge in [0.15, 0.2) is 0 Å². The van der Waals surface area contributed by atoms with Crippen molar-refractivity contribution >= 4 is 0 Å². The highest BCUT2D eigenvalue weighted by Gasteiger charge is 2.01. The molecule has 0 radical (unpaired) electrons. The maximum Gasteiger partial charge on any atom is 0.00276 e. The van der Waals surface area contributed by atoms with Gasteiger partial charge in [-0.05, 0) is 31.4 Å². The van der Waals surface area contributed by atoms with Crippen LogP contribution in [0.25, 0.3) is 0 Å². The normalized spacial score (nSPS) is 14.5. The molecule has 1 atom stereocenters. The molecule has 0 aromatic heterocycles. The Morgan fingerprint density at radius 2 is 1.85 bits per heavy atom. The van der Waals surface area contributed by atoms with Crippen LogP contribution in [0.15, 0.2) is 24.4 Å². The summed E-state index contributed by atoms with van der Waals surface area (Å²) in [5.41, 5.74) is 0. The maximum absolute atomic E-state index is 3.03. The third-order valence-electron chi connectivity index (χ3n) is 2.03. The molecule has 0 unspecified atom stereocenters. The minimum atomic E-state index is 0.597. The van der Waals surface area contributed by atoms with Crippen LogP contribution in [0.5, 0.6) is 0 Å². The van der Waals surface area contributed by atoms with Crippen molar-refractivity contribution in [3.63, 3.8) is 0 Å². The van der Waals surface area contributed by atoms with Gasteiger partial charge in [0.05, 0.1) is 0 Å². The van der Waals surface area contributed by atoms with Crippen LogP contribution >= 0.6 is 0 Å². The van der Waals surface area contributed by atoms with Gasteiger partial charge in [-0.3, -0.25) is 0 Å². The summed E-state index contributed by atoms with van der Waals surface area (Å²) in [5, 5.41) is 3.03. The molecule has 0 heterocycles. The van der Waals surface area contributed by atoms with Gasteiger partial charge in [-0.15, -0.1) is 0 Å². The molecule has 0 aromatic carbocycles. The van der Waals surface area contributed by atoms with Gasteiger partial charge in [-0.2, -0.15) is 0 Å². The lowest BCUT2D eigenvalue weighted by molar-refractivity contribution is 0.522. The second kappa shape index (κ2) is 7.90. The summed E-state index contributed by atoms with van der Waals surface area (Å²) in [6.45, 7) is 6.62. The van der Waals surface area contributed by atoms with E-state index >= 15 is 0 Å². The van der Waals surface area contributed by atoms with Crippen LogP contribution in [0, 0.1) is 11.8 Å². The minimum absolute atomic E-state index is 0.597. The molecule has 0 aliphatic heterocycles. The second-order valence-corrected chi connectivity index (χ2v) is 3.81. The molecule has 0 saturated heterocycles. The second-order valence-electron chi connectivity index (χ2n) is 3.81. The molecule has 0 bridgehead atoms. The van der Waals surface area contributed by atoms with E-state index in [0.717, 1.165) is 5.92 Å². The molecule has 13 heavy (non-hydrogen) atoms. The summed E-state index contributed by atoms with van der Waals surface area (Å²) < 4.78 is 0. The van der Waals surface area contributed by atoms with E-state index in [4.69, 9.17) is 0 Å². The number of hydrogen-bond donors (Lipinski definition) is 1. The smallest absolute Gasteiger partial charge is 0.00276 e. The van der Waals surface area contributed by atoms with Crippen LogP contribution in [0.1, 0.15) is 33.6 Å². The fraction of sp³-hybridized carbons (Fsp3) is 0.667. The number of hydrogen-bond acceptors (Lipinski definition) is 1. The van der Waals surface area contributed by atoms with E-state index in [1.165, 1.54) is 12.8 Å². The van der Waals surface area contributed by atoms with Crippen molar-refractivity contribution in [3.05, 3.63) is 24.4 Å². The van der Waals surface area contributed by atoms with Gasteiger partial charge in [0.25, 0.3) is 0 Å². The highest BCUT2D eigenvalue weighted by molar-refractivity contribution is 4.98. The Labute approximate surface area is 82.9 Å². The monoisotopic (exact) mass is 181 g/mol. The fourth-order valence-corrected chi connectivity index (χ4v) is 1.25. The largest absolute Gasteiger partial charge is 0.394 e. The predicted octanol–water partition coefficient (Wildman–Crippen LogP) is 3.35. The lowest BCUT2D eigenvalue weighted by atomic mass is 9.97. The zero-order valence-corrected chi connectivity index (χ0v) is 9.38. The number of nitrogens with one attached hydrogen (secondary N) is 1. The highest BCUT2D eigenvalue weighted by atomic mass is 14.8. The molecule has 0 aromatic rings. The van der Waals surface area contributed by atoms with Crippen molar-refractivity contribution in [2.24, 2.45) is 11.8 Å². The average Bonchev–Trinajstić information content (AvgIpc) is 2.09. The minimum Gasteiger partial charge on any atom is -0.394 e. The van der Waals surface area contributed by atoms with Crippen molar-refractivity contribution in [2.45, 2.75) is 33.6 Å². The molecule has 0 spiro atoms. The van der Waals surface area contributed by atoms with Crippen molar-refractivity contribution in [2.75, 3.05) is 7.05 Å². The summed E-state index contributed by atoms with van der Waals surface area (Å²) in [7, 11) is 1.94. The highest BCUT2D eigenvalue weighted by Crippen LogP contribution is 2.14. The molecular formula is C12H23N. The Kier molecular flexibility index (Phi) is 7.47. The number of rotatable bonds is 6. The van der Waals surface area contributed by atoms with Crippen molar-refractivity contribution in [1.82, 2.24) is 5.32 Å². The van der Waals surface area contributed by atoms with Gasteiger partial charge in [-0.1, -0.05) is 38.5 Å². The Bertz CT molecular complexity index is 157. The Morgan fingerprint density at radius 1 is 1.15 bits per heavy atom. The van der Waals surface area contributed by atoms with E-state index in [-0.39, 0.29) is 0 Å². The van der Waals surface area contributed by atoms with Gasteiger partial charge in [0.1, 0.15) is 0 Å². The standard InChI is InChI=1S/C12H23N/c1-5-6-12(9-10-13-4)8-7-11(2)3/h5-6,9-13H,7-8H2,1-4H3/b6-5+,10-9-/t12-/m1/s1. The first-order valence-corrected chi connectivity index (χ1v) is 5.17. The summed E-state index contributed by atoms with van der Waals surface area (Å²) in [6, 6.07) is 0. The Balaban J connectivity index is 3.87. The predicted molar refractivity (Wildman–Crippen MR) is 60.6 cm³/mol. The van der Waals surface area contributed by atoms with Crippen LogP contribution in [0.2, 0.25) is 0 Å². The van der Waals surface area contributed by atoms with E-state index in [1.807, 2.05) is 13.2 Å². The van der Waals surface area contributed by atoms with Crippen molar-refractivity contribution in [3.8, 4) is 0 Å². The first-order chi connectivity index (χ1) is 6.20. The molecule has 0 amide bonds. The molecule has 0 saturated carbocycles. The summed E-state index contributed by atoms with van der Waals surface area (Å²) in [4.78, 5) is 0. The molecule has 0 rings (SSSR count). The average molecular weight is 181 g/mol. The van der Waals surface area contributed by atoms with Gasteiger partial charge >= 0.3 is 0 Å². The van der Waals surface area contributed by atoms with Gasteiger partial charge in [0.2, 0.25) is 0 Å². The van der Waals surface area contributed by atoms with E-state index in [1.54, 1.807) is 0 Å². The summed E-state index contributed by atoms with van der Waals surface area (Å²) in [6.07, 6.45) is 11.2. The zero-order valence-electron chi connectivity index (χ0n) is 9.38. The molecule has 1 nitrogen and oxygen atoms in total. The van der Waals surface area contributed by atoms with Crippen LogP contribution in [0.4, 0.5) is 0 Å². The van der Waals surface area contributed by atoms with Gasteiger partial charge < -0.3 is 5.32 Å². The zero-order chi connectivity index (χ0) is 10.1. The van der Waals surface area contributed by atoms with Gasteiger partial charge in [0, 0.05) is 7.05 Å². The molecule has 76 valence electrons. The third kappa shape index (κ3) is 7.63. The van der Waals surface area contributed by atoms with Crippen molar-refractivity contribution < 1.29 is 0 Å². The molecule has 0 aliphatic carbocycles. The van der Waals surface area contributed by atoms with E-state index < -0.39 is 0 Å². The van der Waals surface area contributed by atoms with E-state index in [0.29, 0.717) is 5.92 Å². The molecule has 0 fully saturated rings. The van der Waals surface area contributed by atoms with E-state index in [2.05, 4.69) is 44.3 Å². The lowest BCUT2D eigenvalue weighted by Crippen LogP contribution is -1.99. The van der Waals surface area contributed by atoms with Gasteiger partial charge in [-0.25, -0.2) is 0 Å². The first kappa shape index (κ1) is 12.3. The molecule has 1 N–H and O–H groups in total. The van der Waals surface area contributed by atoms with Crippen LogP contribution in [-0.2, 0) is 0 Å². The Hall–Kier alpha value is -0.720. The van der Waals surface area contributed by atoms with Crippen molar-refractivity contribution in [1.29, 1.82) is 0 Å². The first-order valence-electron chi connectivity index (χ1n) is 5.17. The topological polar surface area (TPSA) is 12.0 Å². The SMILES string of the molecule is C/C=C/[C@@H](/C=C\NC)CCC(C)C. The number of allylic oxidation sites excluding steroid dienone is 3. The third-order valence-corrected chi connectivity index (χ3v) is 2.03. The van der Waals surface area contributed by atoms with Crippen LogP contribution < -0.4 is 5.32 Å². The molecule has 0 aliphatic rings. The lowest BCUT2D eigenvalue weighted by Gasteiger charge is -2.09. The fourth-order valence-electron chi connectivity index (χ4n) is 1.25. The van der Waals surface area contributed by atoms with Crippen LogP contribution in [0.3, 0.4) is 0 Å². The molecular weight excluding hydrogens is 158 g/mol. The molecule has 1 heteroatoms. The summed E-state index contributed by atoms with van der Waals surface area (Å²) in [5.74, 6) is 1.40. The maximum atomic E-state index is 3.03. The summed E-state index contributed by atoms with van der Waals surface area (Å²) >= 11 is 0.